The number of imide groups is 1. The lowest BCUT2D eigenvalue weighted by atomic mass is 9.55. The van der Waals surface area contributed by atoms with Crippen molar-refractivity contribution in [3.63, 3.8) is 0 Å². The minimum Gasteiger partial charge on any atom is -0.480 e. The molecule has 0 unspecified atom stereocenters. The fourth-order valence-electron chi connectivity index (χ4n) is 5.60. The summed E-state index contributed by atoms with van der Waals surface area (Å²) in [6, 6.07) is 14.9. The molecule has 3 aliphatic carbocycles. The molecule has 6 heteroatoms. The van der Waals surface area contributed by atoms with Gasteiger partial charge < -0.3 is 5.11 Å². The molecule has 2 amide bonds. The van der Waals surface area contributed by atoms with Gasteiger partial charge in [0.25, 0.3) is 0 Å². The standard InChI is InChI=1S/C23H21NO4S/c1-29-11-10-16(23(27)28)24-21(25)19-17-12-6-2-3-7-13(12)18(20(19)22(24)26)15-9-5-4-8-14(15)17/h2-9,16-20H,10-11H2,1H3,(H,27,28)/t16-,17?,18?,19+,20+/m1/s1. The third-order valence-electron chi connectivity index (χ3n) is 6.67. The molecule has 1 fully saturated rings. The van der Waals surface area contributed by atoms with Crippen LogP contribution in [0, 0.1) is 11.8 Å². The van der Waals surface area contributed by atoms with E-state index in [1.165, 1.54) is 11.8 Å². The monoisotopic (exact) mass is 407 g/mol. The Morgan fingerprint density at radius 2 is 1.34 bits per heavy atom. The summed E-state index contributed by atoms with van der Waals surface area (Å²) in [4.78, 5) is 40.0. The van der Waals surface area contributed by atoms with E-state index in [2.05, 4.69) is 0 Å². The Labute approximate surface area is 173 Å². The minimum atomic E-state index is -1.11. The van der Waals surface area contributed by atoms with Gasteiger partial charge >= 0.3 is 5.97 Å². The van der Waals surface area contributed by atoms with Crippen molar-refractivity contribution in [1.29, 1.82) is 0 Å². The van der Waals surface area contributed by atoms with Crippen LogP contribution in [0.3, 0.4) is 0 Å². The average Bonchev–Trinajstić information content (AvgIpc) is 3.00. The van der Waals surface area contributed by atoms with E-state index >= 15 is 0 Å². The Bertz CT molecular complexity index is 920. The Morgan fingerprint density at radius 3 is 1.69 bits per heavy atom. The summed E-state index contributed by atoms with van der Waals surface area (Å²) in [5.41, 5.74) is 4.38. The molecule has 148 valence electrons. The van der Waals surface area contributed by atoms with Gasteiger partial charge in [-0.3, -0.25) is 14.5 Å². The maximum atomic E-state index is 13.5. The normalized spacial score (nSPS) is 27.4. The Balaban J connectivity index is 1.65. The highest BCUT2D eigenvalue weighted by Crippen LogP contribution is 2.61. The second-order valence-corrected chi connectivity index (χ2v) is 8.93. The lowest BCUT2D eigenvalue weighted by Gasteiger charge is -2.45. The zero-order chi connectivity index (χ0) is 20.3. The van der Waals surface area contributed by atoms with Gasteiger partial charge in [-0.25, -0.2) is 4.79 Å². The van der Waals surface area contributed by atoms with Gasteiger partial charge in [-0.2, -0.15) is 11.8 Å². The lowest BCUT2D eigenvalue weighted by molar-refractivity contribution is -0.155. The van der Waals surface area contributed by atoms with Gasteiger partial charge in [0.2, 0.25) is 11.8 Å². The van der Waals surface area contributed by atoms with Gasteiger partial charge in [-0.05, 0) is 40.7 Å². The molecule has 2 bridgehead atoms. The third-order valence-corrected chi connectivity index (χ3v) is 7.32. The van der Waals surface area contributed by atoms with Crippen LogP contribution >= 0.6 is 11.8 Å². The quantitative estimate of drug-likeness (QED) is 0.771. The summed E-state index contributed by atoms with van der Waals surface area (Å²) >= 11 is 1.51. The molecule has 4 aliphatic rings. The highest BCUT2D eigenvalue weighted by molar-refractivity contribution is 7.98. The first kappa shape index (κ1) is 18.4. The van der Waals surface area contributed by atoms with E-state index in [-0.39, 0.29) is 30.1 Å². The molecule has 0 radical (unpaired) electrons. The summed E-state index contributed by atoms with van der Waals surface area (Å²) in [6.45, 7) is 0. The van der Waals surface area contributed by atoms with E-state index in [9.17, 15) is 19.5 Å². The Morgan fingerprint density at radius 1 is 0.931 bits per heavy atom. The first-order chi connectivity index (χ1) is 14.1. The summed E-state index contributed by atoms with van der Waals surface area (Å²) in [5, 5.41) is 9.77. The van der Waals surface area contributed by atoms with Crippen molar-refractivity contribution in [2.75, 3.05) is 12.0 Å². The number of hydrogen-bond donors (Lipinski definition) is 1. The van der Waals surface area contributed by atoms with Crippen LogP contribution in [0.1, 0.15) is 40.5 Å². The molecule has 0 spiro atoms. The highest BCUT2D eigenvalue weighted by Gasteiger charge is 2.62. The van der Waals surface area contributed by atoms with Crippen LogP contribution in [-0.2, 0) is 14.4 Å². The molecule has 6 rings (SSSR count). The number of carboxylic acids is 1. The van der Waals surface area contributed by atoms with Crippen LogP contribution in [0.2, 0.25) is 0 Å². The molecule has 29 heavy (non-hydrogen) atoms. The van der Waals surface area contributed by atoms with Gasteiger partial charge in [0.15, 0.2) is 0 Å². The predicted molar refractivity (Wildman–Crippen MR) is 110 cm³/mol. The fourth-order valence-corrected chi connectivity index (χ4v) is 6.06. The Hall–Kier alpha value is -2.60. The number of carbonyl (C=O) groups is 3. The van der Waals surface area contributed by atoms with Crippen molar-refractivity contribution < 1.29 is 19.5 Å². The second-order valence-electron chi connectivity index (χ2n) is 7.95. The second kappa shape index (κ2) is 6.73. The maximum Gasteiger partial charge on any atom is 0.326 e. The molecule has 3 atom stereocenters. The third kappa shape index (κ3) is 2.45. The van der Waals surface area contributed by atoms with Crippen LogP contribution in [0.5, 0.6) is 0 Å². The van der Waals surface area contributed by atoms with E-state index in [1.807, 2.05) is 54.8 Å². The van der Waals surface area contributed by atoms with Gasteiger partial charge in [-0.15, -0.1) is 0 Å². The van der Waals surface area contributed by atoms with Crippen LogP contribution in [0.15, 0.2) is 48.5 Å². The van der Waals surface area contributed by atoms with Crippen molar-refractivity contribution >= 4 is 29.5 Å². The molecule has 0 aromatic heterocycles. The number of benzene rings is 2. The number of thioether (sulfide) groups is 1. The number of carboxylic acid groups (broad SMARTS) is 1. The van der Waals surface area contributed by atoms with E-state index < -0.39 is 23.8 Å². The number of amides is 2. The minimum absolute atomic E-state index is 0.200. The van der Waals surface area contributed by atoms with Gasteiger partial charge in [-0.1, -0.05) is 48.5 Å². The smallest absolute Gasteiger partial charge is 0.326 e. The highest BCUT2D eigenvalue weighted by atomic mass is 32.2. The molecular weight excluding hydrogens is 386 g/mol. The number of likely N-dealkylation sites (tertiary alicyclic amines) is 1. The largest absolute Gasteiger partial charge is 0.480 e. The zero-order valence-electron chi connectivity index (χ0n) is 15.9. The summed E-state index contributed by atoms with van der Waals surface area (Å²) in [7, 11) is 0. The molecule has 1 heterocycles. The summed E-state index contributed by atoms with van der Waals surface area (Å²) in [6.07, 6.45) is 2.16. The molecule has 2 aromatic rings. The van der Waals surface area contributed by atoms with Crippen LogP contribution in [0.25, 0.3) is 0 Å². The number of nitrogens with zero attached hydrogens (tertiary/aromatic N) is 1. The average molecular weight is 407 g/mol. The van der Waals surface area contributed by atoms with Crippen molar-refractivity contribution in [2.45, 2.75) is 24.3 Å². The molecule has 1 N–H and O–H groups in total. The van der Waals surface area contributed by atoms with Gasteiger partial charge in [0.05, 0.1) is 11.8 Å². The van der Waals surface area contributed by atoms with Crippen LogP contribution in [0.4, 0.5) is 0 Å². The number of hydrogen-bond acceptors (Lipinski definition) is 4. The molecular formula is C23H21NO4S. The lowest BCUT2D eigenvalue weighted by Crippen LogP contribution is -2.46. The van der Waals surface area contributed by atoms with Crippen molar-refractivity contribution in [2.24, 2.45) is 11.8 Å². The zero-order valence-corrected chi connectivity index (χ0v) is 16.8. The summed E-state index contributed by atoms with van der Waals surface area (Å²) < 4.78 is 0. The number of carbonyl (C=O) groups excluding carboxylic acids is 2. The molecule has 1 saturated heterocycles. The van der Waals surface area contributed by atoms with Crippen molar-refractivity contribution in [3.05, 3.63) is 70.8 Å². The molecule has 2 aromatic carbocycles. The van der Waals surface area contributed by atoms with Crippen LogP contribution in [-0.4, -0.2) is 45.8 Å². The van der Waals surface area contributed by atoms with Crippen molar-refractivity contribution in [3.8, 4) is 0 Å². The molecule has 1 aliphatic heterocycles. The van der Waals surface area contributed by atoms with E-state index in [1.54, 1.807) is 0 Å². The fraction of sp³-hybridized carbons (Fsp3) is 0.348. The molecule has 5 nitrogen and oxygen atoms in total. The van der Waals surface area contributed by atoms with Crippen molar-refractivity contribution in [1.82, 2.24) is 4.90 Å². The van der Waals surface area contributed by atoms with E-state index in [4.69, 9.17) is 0 Å². The predicted octanol–water partition coefficient (Wildman–Crippen LogP) is 3.08. The van der Waals surface area contributed by atoms with Gasteiger partial charge in [0, 0.05) is 11.8 Å². The van der Waals surface area contributed by atoms with Gasteiger partial charge in [0.1, 0.15) is 6.04 Å². The Kier molecular flexibility index (Phi) is 4.28. The van der Waals surface area contributed by atoms with Crippen LogP contribution < -0.4 is 0 Å². The first-order valence-corrected chi connectivity index (χ1v) is 11.2. The number of aliphatic carboxylic acids is 1. The summed E-state index contributed by atoms with van der Waals surface area (Å²) in [5.74, 6) is -2.62. The maximum absolute atomic E-state index is 13.5. The molecule has 0 saturated carbocycles. The van der Waals surface area contributed by atoms with E-state index in [0.717, 1.165) is 27.2 Å². The number of rotatable bonds is 5. The SMILES string of the molecule is CSCC[C@H](C(=O)O)N1C(=O)[C@H]2C3c4ccccc4C(c4ccccc43)[C@@H]2C1=O. The van der Waals surface area contributed by atoms with E-state index in [0.29, 0.717) is 5.75 Å². The topological polar surface area (TPSA) is 74.7 Å². The first-order valence-electron chi connectivity index (χ1n) is 9.82.